The van der Waals surface area contributed by atoms with Crippen LogP contribution in [0.2, 0.25) is 0 Å². The van der Waals surface area contributed by atoms with E-state index in [-0.39, 0.29) is 43.2 Å². The number of carbonyl (C=O) groups is 1. The SMILES string of the molecule is CC(C)(C)OC(=O)N1CCN(CCOc2ccc(/C(=C(/CCCO)c3ccccc3)c3ccc(O)cc3)cc2)CC1.OCCC/C(=C(\c1ccc(O)cc1)c1ccc(C2=CCN(C3CC3)CC2)cc1)c1ccccc1.OCCC/C(=C(\c1ccc(O)cc1)c1ccc(C2=CCN(C3CC3)CC2)cc1)c1ccccc1. The number of aromatic hydroxyl groups is 3. The van der Waals surface area contributed by atoms with E-state index in [1.54, 1.807) is 41.3 Å². The molecule has 2 saturated carbocycles. The quantitative estimate of drug-likeness (QED) is 0.0284. The van der Waals surface area contributed by atoms with Crippen molar-refractivity contribution in [3.8, 4) is 23.0 Å². The molecule has 13 nitrogen and oxygen atoms in total. The smallest absolute Gasteiger partial charge is 0.410 e. The van der Waals surface area contributed by atoms with Gasteiger partial charge in [-0.3, -0.25) is 14.7 Å². The number of piperazine rings is 1. The highest BCUT2D eigenvalue weighted by molar-refractivity contribution is 6.01. The molecular formula is C96H108N4O9. The zero-order valence-corrected chi connectivity index (χ0v) is 63.7. The third kappa shape index (κ3) is 22.3. The van der Waals surface area contributed by atoms with Crippen molar-refractivity contribution < 1.29 is 44.9 Å². The second-order valence-corrected chi connectivity index (χ2v) is 30.0. The van der Waals surface area contributed by atoms with Crippen LogP contribution in [0.5, 0.6) is 23.0 Å². The number of allylic oxidation sites excluding steroid dienone is 3. The molecule has 1 saturated heterocycles. The highest BCUT2D eigenvalue weighted by atomic mass is 16.6. The molecule has 9 aromatic carbocycles. The Bertz CT molecular complexity index is 4320. The third-order valence-electron chi connectivity index (χ3n) is 21.0. The number of aliphatic hydroxyl groups excluding tert-OH is 3. The van der Waals surface area contributed by atoms with Gasteiger partial charge < -0.3 is 45.0 Å². The minimum atomic E-state index is -0.485. The van der Waals surface area contributed by atoms with Gasteiger partial charge in [0.05, 0.1) is 0 Å². The average molecular weight is 1460 g/mol. The summed E-state index contributed by atoms with van der Waals surface area (Å²) in [7, 11) is 0. The van der Waals surface area contributed by atoms with Crippen LogP contribution in [-0.4, -0.2) is 159 Å². The average Bonchev–Trinajstić information content (AvgIpc) is 1.54. The van der Waals surface area contributed by atoms with E-state index < -0.39 is 5.60 Å². The maximum atomic E-state index is 12.3. The molecule has 0 radical (unpaired) electrons. The number of hydrogen-bond donors (Lipinski definition) is 6. The van der Waals surface area contributed by atoms with Crippen LogP contribution in [0.15, 0.2) is 249 Å². The number of phenolic OH excluding ortho intramolecular Hbond substituents is 3. The van der Waals surface area contributed by atoms with Crippen LogP contribution in [0.25, 0.3) is 44.6 Å². The van der Waals surface area contributed by atoms with Crippen molar-refractivity contribution >= 4 is 50.7 Å². The van der Waals surface area contributed by atoms with Gasteiger partial charge in [-0.05, 0) is 252 Å². The molecular weight excluding hydrogens is 1350 g/mol. The minimum Gasteiger partial charge on any atom is -0.508 e. The van der Waals surface area contributed by atoms with Gasteiger partial charge in [0, 0.05) is 90.8 Å². The van der Waals surface area contributed by atoms with Crippen molar-refractivity contribution in [1.29, 1.82) is 0 Å². The van der Waals surface area contributed by atoms with Crippen molar-refractivity contribution in [2.75, 3.05) is 85.3 Å². The lowest BCUT2D eigenvalue weighted by Crippen LogP contribution is -2.50. The van der Waals surface area contributed by atoms with Gasteiger partial charge in [0.1, 0.15) is 35.2 Å². The summed E-state index contributed by atoms with van der Waals surface area (Å²) >= 11 is 0. The van der Waals surface area contributed by atoms with Crippen LogP contribution in [-0.2, 0) is 4.74 Å². The van der Waals surface area contributed by atoms with E-state index in [4.69, 9.17) is 9.47 Å². The second kappa shape index (κ2) is 38.8. The molecule has 6 N–H and O–H groups in total. The van der Waals surface area contributed by atoms with Crippen LogP contribution in [0.1, 0.15) is 159 Å². The van der Waals surface area contributed by atoms with Crippen LogP contribution in [0.3, 0.4) is 0 Å². The largest absolute Gasteiger partial charge is 0.508 e. The zero-order chi connectivity index (χ0) is 75.9. The fourth-order valence-corrected chi connectivity index (χ4v) is 15.0. The summed E-state index contributed by atoms with van der Waals surface area (Å²) < 4.78 is 11.6. The first-order valence-electron chi connectivity index (χ1n) is 39.3. The Kier molecular flexibility index (Phi) is 28.0. The van der Waals surface area contributed by atoms with Crippen LogP contribution in [0.4, 0.5) is 4.79 Å². The molecule has 0 spiro atoms. The van der Waals surface area contributed by atoms with E-state index in [0.717, 1.165) is 157 Å². The fourth-order valence-electron chi connectivity index (χ4n) is 15.0. The molecule has 0 atom stereocenters. The summed E-state index contributed by atoms with van der Waals surface area (Å²) in [5, 5.41) is 58.5. The summed E-state index contributed by atoms with van der Waals surface area (Å²) in [6.45, 7) is 14.8. The third-order valence-corrected chi connectivity index (χ3v) is 21.0. The number of aliphatic hydroxyl groups is 3. The Labute approximate surface area is 645 Å². The minimum absolute atomic E-state index is 0.113. The molecule has 566 valence electrons. The number of hydrogen-bond acceptors (Lipinski definition) is 12. The maximum Gasteiger partial charge on any atom is 0.410 e. The van der Waals surface area contributed by atoms with Crippen molar-refractivity contribution in [3.63, 3.8) is 0 Å². The number of rotatable bonds is 26. The van der Waals surface area contributed by atoms with Crippen LogP contribution in [0, 0.1) is 0 Å². The molecule has 5 aliphatic rings. The van der Waals surface area contributed by atoms with Gasteiger partial charge in [0.2, 0.25) is 0 Å². The second-order valence-electron chi connectivity index (χ2n) is 30.0. The summed E-state index contributed by atoms with van der Waals surface area (Å²) in [4.78, 5) is 21.6. The van der Waals surface area contributed by atoms with Gasteiger partial charge in [-0.1, -0.05) is 200 Å². The summed E-state index contributed by atoms with van der Waals surface area (Å²) in [6, 6.07) is 81.0. The topological polar surface area (TPSA) is 170 Å². The molecule has 109 heavy (non-hydrogen) atoms. The van der Waals surface area contributed by atoms with Crippen molar-refractivity contribution in [3.05, 3.63) is 310 Å². The number of benzene rings is 9. The molecule has 1 amide bonds. The lowest BCUT2D eigenvalue weighted by atomic mass is 9.86. The van der Waals surface area contributed by atoms with Gasteiger partial charge in [0.25, 0.3) is 0 Å². The zero-order valence-electron chi connectivity index (χ0n) is 63.7. The van der Waals surface area contributed by atoms with Gasteiger partial charge in [-0.25, -0.2) is 4.79 Å². The highest BCUT2D eigenvalue weighted by Gasteiger charge is 2.32. The Morgan fingerprint density at radius 3 is 1.01 bits per heavy atom. The summed E-state index contributed by atoms with van der Waals surface area (Å²) in [5.41, 5.74) is 21.9. The molecule has 3 heterocycles. The molecule has 3 aliphatic heterocycles. The number of phenols is 3. The van der Waals surface area contributed by atoms with E-state index in [0.29, 0.717) is 39.0 Å². The number of nitrogens with zero attached hydrogens (tertiary/aromatic N) is 4. The first kappa shape index (κ1) is 78.5. The van der Waals surface area contributed by atoms with Gasteiger partial charge in [-0.2, -0.15) is 0 Å². The molecule has 2 aliphatic carbocycles. The Hall–Kier alpha value is -10.1. The Balaban J connectivity index is 0.000000153. The molecule has 9 aromatic rings. The molecule has 14 rings (SSSR count). The highest BCUT2D eigenvalue weighted by Crippen LogP contribution is 2.42. The van der Waals surface area contributed by atoms with E-state index in [9.17, 15) is 35.4 Å². The monoisotopic (exact) mass is 1460 g/mol. The number of carbonyl (C=O) groups excluding carboxylic acids is 1. The van der Waals surface area contributed by atoms with Crippen molar-refractivity contribution in [2.24, 2.45) is 0 Å². The van der Waals surface area contributed by atoms with E-state index in [2.05, 4.69) is 148 Å². The first-order valence-corrected chi connectivity index (χ1v) is 39.3. The predicted octanol–water partition coefficient (Wildman–Crippen LogP) is 18.8. The molecule has 0 unspecified atom stereocenters. The van der Waals surface area contributed by atoms with Crippen molar-refractivity contribution in [2.45, 2.75) is 116 Å². The standard InChI is InChI=1S/C34H42N2O5.2C31H33NO2/c1-34(2,3)41-33(39)36-21-19-35(20-22-36)23-25-40-30-17-13-28(14-18-30)32(27-11-15-29(38)16-12-27)31(10-7-24-37)26-8-5-4-6-9-26;2*33-22-4-7-30(25-5-2-1-3-6-25)31(27-12-16-29(34)17-13-27)26-10-8-23(9-11-26)24-18-20-32(21-19-24)28-14-15-28/h4-6,8-9,11-18,37-38H,7,10,19-25H2,1-3H3;2*1-3,5-6,8-13,16-18,28,33-34H,4,7,14-15,19-22H2/b32-31-;2*31-30+. The number of amides is 1. The van der Waals surface area contributed by atoms with Crippen molar-refractivity contribution in [1.82, 2.24) is 19.6 Å². The lowest BCUT2D eigenvalue weighted by molar-refractivity contribution is 0.0137. The number of ether oxygens (including phenoxy) is 2. The van der Waals surface area contributed by atoms with E-state index >= 15 is 0 Å². The normalized spacial score (nSPS) is 16.4. The summed E-state index contributed by atoms with van der Waals surface area (Å²) in [6.07, 6.45) is 16.6. The molecule has 3 fully saturated rings. The Morgan fingerprint density at radius 2 is 0.716 bits per heavy atom. The molecule has 0 aromatic heterocycles. The molecule has 13 heteroatoms. The van der Waals surface area contributed by atoms with Gasteiger partial charge >= 0.3 is 6.09 Å². The van der Waals surface area contributed by atoms with E-state index in [1.165, 1.54) is 70.2 Å². The maximum absolute atomic E-state index is 12.3. The predicted molar refractivity (Wildman–Crippen MR) is 444 cm³/mol. The summed E-state index contributed by atoms with van der Waals surface area (Å²) in [5.74, 6) is 1.54. The fraction of sp³-hybridized carbons (Fsp3) is 0.323. The lowest BCUT2D eigenvalue weighted by Gasteiger charge is -2.35. The van der Waals surface area contributed by atoms with E-state index in [1.807, 2.05) is 99.6 Å². The van der Waals surface area contributed by atoms with Gasteiger partial charge in [-0.15, -0.1) is 0 Å². The van der Waals surface area contributed by atoms with Crippen LogP contribution >= 0.6 is 0 Å². The Morgan fingerprint density at radius 1 is 0.394 bits per heavy atom. The van der Waals surface area contributed by atoms with Gasteiger partial charge in [0.15, 0.2) is 0 Å². The van der Waals surface area contributed by atoms with Crippen LogP contribution < -0.4 is 4.74 Å². The first-order chi connectivity index (χ1) is 53.2. The molecule has 0 bridgehead atoms.